The number of rotatable bonds is 3. The maximum atomic E-state index is 13.6. The van der Waals surface area contributed by atoms with Gasteiger partial charge < -0.3 is 15.5 Å². The minimum absolute atomic E-state index is 0.0374. The first-order valence-corrected chi connectivity index (χ1v) is 12.3. The van der Waals surface area contributed by atoms with E-state index in [1.807, 2.05) is 71.6 Å². The van der Waals surface area contributed by atoms with Crippen LogP contribution >= 0.6 is 0 Å². The van der Waals surface area contributed by atoms with Gasteiger partial charge in [-0.2, -0.15) is 0 Å². The fourth-order valence-electron chi connectivity index (χ4n) is 5.41. The van der Waals surface area contributed by atoms with Crippen LogP contribution in [0.1, 0.15) is 51.7 Å². The molecule has 2 amide bonds. The number of benzene rings is 3. The summed E-state index contributed by atoms with van der Waals surface area (Å²) in [5.74, 6) is -0.0815. The fraction of sp³-hybridized carbons (Fsp3) is 0.241. The van der Waals surface area contributed by atoms with Gasteiger partial charge >= 0.3 is 0 Å². The van der Waals surface area contributed by atoms with Gasteiger partial charge in [-0.1, -0.05) is 48.5 Å². The summed E-state index contributed by atoms with van der Waals surface area (Å²) in [6.07, 6.45) is 2.05. The van der Waals surface area contributed by atoms with Gasteiger partial charge in [-0.3, -0.25) is 9.59 Å². The number of anilines is 1. The Morgan fingerprint density at radius 2 is 1.64 bits per heavy atom. The minimum Gasteiger partial charge on any atom is -0.368 e. The zero-order valence-corrected chi connectivity index (χ0v) is 20.1. The van der Waals surface area contributed by atoms with Crippen molar-refractivity contribution >= 4 is 28.7 Å². The molecule has 1 atom stereocenters. The van der Waals surface area contributed by atoms with Crippen molar-refractivity contribution in [2.24, 2.45) is 0 Å². The SMILES string of the molecule is C[C@@H]1CCCN1C(=O)c1ccccc1-c1ccc2nc(N)nc(C(=O)N3Cc4ccccc4C3)c2c1. The molecule has 1 saturated heterocycles. The topological polar surface area (TPSA) is 92.4 Å². The summed E-state index contributed by atoms with van der Waals surface area (Å²) in [7, 11) is 0. The van der Waals surface area contributed by atoms with E-state index in [2.05, 4.69) is 16.9 Å². The highest BCUT2D eigenvalue weighted by atomic mass is 16.2. The molecule has 180 valence electrons. The van der Waals surface area contributed by atoms with Crippen LogP contribution in [-0.2, 0) is 13.1 Å². The van der Waals surface area contributed by atoms with Crippen molar-refractivity contribution in [3.8, 4) is 11.1 Å². The van der Waals surface area contributed by atoms with Gasteiger partial charge in [-0.05, 0) is 60.2 Å². The molecule has 3 aromatic carbocycles. The van der Waals surface area contributed by atoms with Crippen LogP contribution in [0.2, 0.25) is 0 Å². The molecule has 0 radical (unpaired) electrons. The maximum Gasteiger partial charge on any atom is 0.273 e. The molecule has 4 aromatic rings. The van der Waals surface area contributed by atoms with E-state index in [0.717, 1.165) is 41.6 Å². The normalized spacial score (nSPS) is 17.0. The lowest BCUT2D eigenvalue weighted by Gasteiger charge is -2.23. The molecule has 3 heterocycles. The van der Waals surface area contributed by atoms with E-state index in [1.54, 1.807) is 4.90 Å². The largest absolute Gasteiger partial charge is 0.368 e. The van der Waals surface area contributed by atoms with Crippen molar-refractivity contribution in [2.45, 2.75) is 38.9 Å². The third-order valence-corrected chi connectivity index (χ3v) is 7.33. The predicted molar refractivity (Wildman–Crippen MR) is 139 cm³/mol. The van der Waals surface area contributed by atoms with E-state index in [4.69, 9.17) is 5.73 Å². The molecular weight excluding hydrogens is 450 g/mol. The van der Waals surface area contributed by atoms with E-state index < -0.39 is 0 Å². The van der Waals surface area contributed by atoms with E-state index >= 15 is 0 Å². The van der Waals surface area contributed by atoms with E-state index in [-0.39, 0.29) is 29.5 Å². The Bertz CT molecular complexity index is 1490. The lowest BCUT2D eigenvalue weighted by molar-refractivity contribution is 0.0740. The van der Waals surface area contributed by atoms with Crippen LogP contribution in [0.15, 0.2) is 66.7 Å². The van der Waals surface area contributed by atoms with E-state index in [0.29, 0.717) is 29.6 Å². The number of nitrogens with zero attached hydrogens (tertiary/aromatic N) is 4. The van der Waals surface area contributed by atoms with Gasteiger partial charge in [0.2, 0.25) is 5.95 Å². The van der Waals surface area contributed by atoms with Gasteiger partial charge in [-0.15, -0.1) is 0 Å². The number of fused-ring (bicyclic) bond motifs is 2. The Hall–Kier alpha value is -4.26. The number of hydrogen-bond donors (Lipinski definition) is 1. The highest BCUT2D eigenvalue weighted by Crippen LogP contribution is 2.32. The fourth-order valence-corrected chi connectivity index (χ4v) is 5.41. The summed E-state index contributed by atoms with van der Waals surface area (Å²) in [4.78, 5) is 39.6. The first kappa shape index (κ1) is 22.2. The second-order valence-corrected chi connectivity index (χ2v) is 9.63. The highest BCUT2D eigenvalue weighted by Gasteiger charge is 2.29. The molecular formula is C29H27N5O2. The van der Waals surface area contributed by atoms with Crippen molar-refractivity contribution in [1.82, 2.24) is 19.8 Å². The van der Waals surface area contributed by atoms with Gasteiger partial charge in [0.25, 0.3) is 11.8 Å². The predicted octanol–water partition coefficient (Wildman–Crippen LogP) is 4.66. The van der Waals surface area contributed by atoms with Gasteiger partial charge in [0.15, 0.2) is 0 Å². The molecule has 1 fully saturated rings. The molecule has 2 N–H and O–H groups in total. The van der Waals surface area contributed by atoms with Gasteiger partial charge in [-0.25, -0.2) is 9.97 Å². The molecule has 0 spiro atoms. The molecule has 1 aromatic heterocycles. The second-order valence-electron chi connectivity index (χ2n) is 9.63. The number of likely N-dealkylation sites (tertiary alicyclic amines) is 1. The average Bonchev–Trinajstić information content (AvgIpc) is 3.53. The van der Waals surface area contributed by atoms with E-state index in [1.165, 1.54) is 0 Å². The van der Waals surface area contributed by atoms with Gasteiger partial charge in [0.1, 0.15) is 5.69 Å². The van der Waals surface area contributed by atoms with Crippen LogP contribution in [0.3, 0.4) is 0 Å². The second kappa shape index (κ2) is 8.75. The lowest BCUT2D eigenvalue weighted by Crippen LogP contribution is -2.33. The van der Waals surface area contributed by atoms with Crippen LogP contribution in [0.5, 0.6) is 0 Å². The van der Waals surface area contributed by atoms with Crippen molar-refractivity contribution in [1.29, 1.82) is 0 Å². The summed E-state index contributed by atoms with van der Waals surface area (Å²) in [6.45, 7) is 3.94. The maximum absolute atomic E-state index is 13.6. The Morgan fingerprint density at radius 1 is 0.917 bits per heavy atom. The minimum atomic E-state index is -0.183. The van der Waals surface area contributed by atoms with Crippen molar-refractivity contribution in [2.75, 3.05) is 12.3 Å². The Kier molecular flexibility index (Phi) is 5.40. The van der Waals surface area contributed by atoms with E-state index in [9.17, 15) is 9.59 Å². The molecule has 0 aliphatic carbocycles. The number of carbonyl (C=O) groups is 2. The molecule has 36 heavy (non-hydrogen) atoms. The molecule has 2 aliphatic rings. The molecule has 7 heteroatoms. The molecule has 7 nitrogen and oxygen atoms in total. The summed E-state index contributed by atoms with van der Waals surface area (Å²) >= 11 is 0. The molecule has 0 unspecified atom stereocenters. The third-order valence-electron chi connectivity index (χ3n) is 7.33. The Labute approximate surface area is 209 Å². The number of hydrogen-bond acceptors (Lipinski definition) is 5. The summed E-state index contributed by atoms with van der Waals surface area (Å²) in [5, 5.41) is 0.624. The lowest BCUT2D eigenvalue weighted by atomic mass is 9.96. The van der Waals surface area contributed by atoms with Crippen LogP contribution in [0.4, 0.5) is 5.95 Å². The molecule has 2 aliphatic heterocycles. The molecule has 6 rings (SSSR count). The average molecular weight is 478 g/mol. The zero-order valence-electron chi connectivity index (χ0n) is 20.1. The van der Waals surface area contributed by atoms with Gasteiger partial charge in [0.05, 0.1) is 5.52 Å². The van der Waals surface area contributed by atoms with Gasteiger partial charge in [0, 0.05) is 36.6 Å². The van der Waals surface area contributed by atoms with Crippen LogP contribution in [-0.4, -0.2) is 44.2 Å². The molecule has 0 saturated carbocycles. The smallest absolute Gasteiger partial charge is 0.273 e. The van der Waals surface area contributed by atoms with Crippen LogP contribution in [0.25, 0.3) is 22.0 Å². The number of nitrogen functional groups attached to an aromatic ring is 1. The van der Waals surface area contributed by atoms with Crippen LogP contribution < -0.4 is 5.73 Å². The quantitative estimate of drug-likeness (QED) is 0.463. The number of aromatic nitrogens is 2. The van der Waals surface area contributed by atoms with Crippen LogP contribution in [0, 0.1) is 0 Å². The van der Waals surface area contributed by atoms with Crippen molar-refractivity contribution in [3.63, 3.8) is 0 Å². The van der Waals surface area contributed by atoms with Crippen molar-refractivity contribution in [3.05, 3.63) is 89.1 Å². The molecule has 0 bridgehead atoms. The Balaban J connectivity index is 1.41. The summed E-state index contributed by atoms with van der Waals surface area (Å²) in [5.41, 5.74) is 11.5. The highest BCUT2D eigenvalue weighted by molar-refractivity contribution is 6.07. The first-order chi connectivity index (χ1) is 17.5. The Morgan fingerprint density at radius 3 is 2.36 bits per heavy atom. The summed E-state index contributed by atoms with van der Waals surface area (Å²) in [6, 6.07) is 21.6. The van der Waals surface area contributed by atoms with Crippen molar-refractivity contribution < 1.29 is 9.59 Å². The standard InChI is InChI=1S/C29H27N5O2/c1-18-7-6-14-34(18)27(35)23-11-5-4-10-22(23)19-12-13-25-24(15-19)26(32-29(30)31-25)28(36)33-16-20-8-2-3-9-21(20)17-33/h2-5,8-13,15,18H,6-7,14,16-17H2,1H3,(H2,30,31,32)/t18-/m1/s1. The summed E-state index contributed by atoms with van der Waals surface area (Å²) < 4.78 is 0. The zero-order chi connectivity index (χ0) is 24.8. The monoisotopic (exact) mass is 477 g/mol. The number of amides is 2. The third kappa shape index (κ3) is 3.77. The number of carbonyl (C=O) groups excluding carboxylic acids is 2. The first-order valence-electron chi connectivity index (χ1n) is 12.3. The number of nitrogens with two attached hydrogens (primary N) is 1.